The van der Waals surface area contributed by atoms with E-state index in [4.69, 9.17) is 0 Å². The van der Waals surface area contributed by atoms with Crippen molar-refractivity contribution in [1.29, 1.82) is 0 Å². The number of aryl methyl sites for hydroxylation is 2. The number of hydrogen-bond donors (Lipinski definition) is 1. The number of amides is 1. The van der Waals surface area contributed by atoms with Crippen LogP contribution in [0.5, 0.6) is 0 Å². The Balaban J connectivity index is 1.63. The maximum absolute atomic E-state index is 12.8. The Kier molecular flexibility index (Phi) is 3.96. The molecule has 2 aromatic carbocycles. The number of nitrogens with one attached hydrogen (secondary N) is 1. The largest absolute Gasteiger partial charge is 0.345 e. The molecule has 0 aliphatic carbocycles. The van der Waals surface area contributed by atoms with Crippen LogP contribution in [-0.4, -0.2) is 15.3 Å². The van der Waals surface area contributed by atoms with E-state index >= 15 is 0 Å². The average molecular weight is 343 g/mol. The summed E-state index contributed by atoms with van der Waals surface area (Å²) in [5.41, 5.74) is 4.36. The molecule has 1 unspecified atom stereocenters. The van der Waals surface area contributed by atoms with Crippen LogP contribution in [0, 0.1) is 13.8 Å². The van der Waals surface area contributed by atoms with Gasteiger partial charge in [0.25, 0.3) is 5.91 Å². The van der Waals surface area contributed by atoms with Crippen LogP contribution in [0.1, 0.15) is 40.3 Å². The van der Waals surface area contributed by atoms with E-state index < -0.39 is 0 Å². The van der Waals surface area contributed by atoms with Gasteiger partial charge in [0.15, 0.2) is 0 Å². The van der Waals surface area contributed by atoms with E-state index in [0.717, 1.165) is 17.0 Å². The molecule has 4 rings (SSSR count). The number of carbonyl (C=O) groups is 1. The van der Waals surface area contributed by atoms with Crippen molar-refractivity contribution >= 4 is 22.3 Å². The van der Waals surface area contributed by atoms with Gasteiger partial charge in [0, 0.05) is 17.6 Å². The molecule has 0 saturated heterocycles. The first-order valence-electron chi connectivity index (χ1n) is 8.78. The molecule has 4 nitrogen and oxygen atoms in total. The molecule has 0 saturated carbocycles. The summed E-state index contributed by atoms with van der Waals surface area (Å²) in [6.45, 7) is 5.96. The Morgan fingerprint density at radius 2 is 1.81 bits per heavy atom. The minimum atomic E-state index is -0.106. The highest BCUT2D eigenvalue weighted by Gasteiger charge is 2.17. The number of rotatable bonds is 3. The third kappa shape index (κ3) is 2.84. The van der Waals surface area contributed by atoms with E-state index in [0.29, 0.717) is 11.2 Å². The summed E-state index contributed by atoms with van der Waals surface area (Å²) in [4.78, 5) is 17.4. The van der Waals surface area contributed by atoms with Gasteiger partial charge in [-0.25, -0.2) is 4.98 Å². The van der Waals surface area contributed by atoms with E-state index in [1.165, 1.54) is 10.8 Å². The second-order valence-corrected chi connectivity index (χ2v) is 6.76. The molecule has 1 N–H and O–H groups in total. The van der Waals surface area contributed by atoms with Crippen LogP contribution in [0.25, 0.3) is 16.4 Å². The SMILES string of the molecule is Cc1cc(C)n2ccc(C(=O)NC(C)c3ccc4ccccc4c3)c2n1. The fourth-order valence-electron chi connectivity index (χ4n) is 3.41. The first kappa shape index (κ1) is 16.3. The topological polar surface area (TPSA) is 46.4 Å². The number of benzene rings is 2. The van der Waals surface area contributed by atoms with E-state index in [-0.39, 0.29) is 11.9 Å². The maximum Gasteiger partial charge on any atom is 0.255 e. The molecule has 2 aromatic heterocycles. The first-order chi connectivity index (χ1) is 12.5. The van der Waals surface area contributed by atoms with Gasteiger partial charge in [-0.1, -0.05) is 36.4 Å². The minimum Gasteiger partial charge on any atom is -0.345 e. The molecule has 0 spiro atoms. The second-order valence-electron chi connectivity index (χ2n) is 6.76. The second kappa shape index (κ2) is 6.30. The van der Waals surface area contributed by atoms with Gasteiger partial charge in [-0.05, 0) is 55.3 Å². The smallest absolute Gasteiger partial charge is 0.255 e. The summed E-state index contributed by atoms with van der Waals surface area (Å²) < 4.78 is 1.95. The van der Waals surface area contributed by atoms with Gasteiger partial charge in [-0.2, -0.15) is 0 Å². The van der Waals surface area contributed by atoms with Crippen molar-refractivity contribution in [2.45, 2.75) is 26.8 Å². The number of hydrogen-bond acceptors (Lipinski definition) is 2. The van der Waals surface area contributed by atoms with Gasteiger partial charge in [0.05, 0.1) is 11.6 Å². The molecule has 0 fully saturated rings. The molecule has 0 bridgehead atoms. The standard InChI is InChI=1S/C22H21N3O/c1-14-12-15(2)25-11-10-20(21(25)23-14)22(26)24-16(3)18-9-8-17-6-4-5-7-19(17)13-18/h4-13,16H,1-3H3,(H,24,26). The normalized spacial score (nSPS) is 12.4. The van der Waals surface area contributed by atoms with E-state index in [9.17, 15) is 4.79 Å². The highest BCUT2D eigenvalue weighted by Crippen LogP contribution is 2.21. The van der Waals surface area contributed by atoms with Crippen molar-refractivity contribution in [3.05, 3.63) is 83.3 Å². The molecule has 1 atom stereocenters. The number of nitrogens with zero attached hydrogens (tertiary/aromatic N) is 2. The molecule has 130 valence electrons. The zero-order valence-corrected chi connectivity index (χ0v) is 15.2. The van der Waals surface area contributed by atoms with Crippen LogP contribution in [-0.2, 0) is 0 Å². The summed E-state index contributed by atoms with van der Waals surface area (Å²) in [7, 11) is 0. The quantitative estimate of drug-likeness (QED) is 0.591. The lowest BCUT2D eigenvalue weighted by Gasteiger charge is -2.15. The molecule has 2 heterocycles. The van der Waals surface area contributed by atoms with Gasteiger partial charge in [-0.15, -0.1) is 0 Å². The molecule has 0 aliphatic rings. The van der Waals surface area contributed by atoms with Crippen LogP contribution in [0.3, 0.4) is 0 Å². The summed E-state index contributed by atoms with van der Waals surface area (Å²) in [6, 6.07) is 18.3. The molecule has 26 heavy (non-hydrogen) atoms. The number of fused-ring (bicyclic) bond motifs is 2. The van der Waals surface area contributed by atoms with Gasteiger partial charge in [0.2, 0.25) is 0 Å². The summed E-state index contributed by atoms with van der Waals surface area (Å²) in [5.74, 6) is -0.106. The molecule has 0 aliphatic heterocycles. The van der Waals surface area contributed by atoms with Crippen molar-refractivity contribution in [2.75, 3.05) is 0 Å². The van der Waals surface area contributed by atoms with Crippen molar-refractivity contribution in [2.24, 2.45) is 0 Å². The Labute approximate surface area is 152 Å². The third-order valence-corrected chi connectivity index (χ3v) is 4.81. The Morgan fingerprint density at radius 1 is 1.04 bits per heavy atom. The molecule has 4 aromatic rings. The summed E-state index contributed by atoms with van der Waals surface area (Å²) in [5, 5.41) is 5.47. The highest BCUT2D eigenvalue weighted by molar-refractivity contribution is 6.00. The minimum absolute atomic E-state index is 0.0898. The lowest BCUT2D eigenvalue weighted by Crippen LogP contribution is -2.26. The van der Waals surface area contributed by atoms with E-state index in [2.05, 4.69) is 40.6 Å². The predicted octanol–water partition coefficient (Wildman–Crippen LogP) is 4.60. The van der Waals surface area contributed by atoms with Crippen LogP contribution < -0.4 is 5.32 Å². The summed E-state index contributed by atoms with van der Waals surface area (Å²) >= 11 is 0. The van der Waals surface area contributed by atoms with Gasteiger partial charge >= 0.3 is 0 Å². The van der Waals surface area contributed by atoms with Crippen LogP contribution >= 0.6 is 0 Å². The summed E-state index contributed by atoms with van der Waals surface area (Å²) in [6.07, 6.45) is 1.90. The fourth-order valence-corrected chi connectivity index (χ4v) is 3.41. The Hall–Kier alpha value is -3.14. The Morgan fingerprint density at radius 3 is 2.62 bits per heavy atom. The highest BCUT2D eigenvalue weighted by atomic mass is 16.1. The monoisotopic (exact) mass is 343 g/mol. The van der Waals surface area contributed by atoms with Crippen molar-refractivity contribution in [3.8, 4) is 0 Å². The molecule has 1 amide bonds. The van der Waals surface area contributed by atoms with E-state index in [1.54, 1.807) is 0 Å². The molecular weight excluding hydrogens is 322 g/mol. The lowest BCUT2D eigenvalue weighted by molar-refractivity contribution is 0.0941. The maximum atomic E-state index is 12.8. The Bertz CT molecular complexity index is 1130. The average Bonchev–Trinajstić information content (AvgIpc) is 3.05. The van der Waals surface area contributed by atoms with Crippen molar-refractivity contribution in [3.63, 3.8) is 0 Å². The number of carbonyl (C=O) groups excluding carboxylic acids is 1. The van der Waals surface area contributed by atoms with Crippen LogP contribution in [0.2, 0.25) is 0 Å². The lowest BCUT2D eigenvalue weighted by atomic mass is 10.0. The molecule has 4 heteroatoms. The van der Waals surface area contributed by atoms with Crippen LogP contribution in [0.15, 0.2) is 60.8 Å². The van der Waals surface area contributed by atoms with Gasteiger partial charge in [-0.3, -0.25) is 4.79 Å². The fraction of sp³-hybridized carbons (Fsp3) is 0.182. The van der Waals surface area contributed by atoms with Gasteiger partial charge < -0.3 is 9.72 Å². The van der Waals surface area contributed by atoms with E-state index in [1.807, 2.05) is 55.6 Å². The zero-order chi connectivity index (χ0) is 18.3. The molecular formula is C22H21N3O. The number of aromatic nitrogens is 2. The van der Waals surface area contributed by atoms with Crippen LogP contribution in [0.4, 0.5) is 0 Å². The van der Waals surface area contributed by atoms with Crippen molar-refractivity contribution < 1.29 is 4.79 Å². The third-order valence-electron chi connectivity index (χ3n) is 4.81. The molecule has 0 radical (unpaired) electrons. The zero-order valence-electron chi connectivity index (χ0n) is 15.2. The van der Waals surface area contributed by atoms with Crippen molar-refractivity contribution in [1.82, 2.24) is 14.7 Å². The van der Waals surface area contributed by atoms with Gasteiger partial charge in [0.1, 0.15) is 5.65 Å². The predicted molar refractivity (Wildman–Crippen MR) is 104 cm³/mol. The first-order valence-corrected chi connectivity index (χ1v) is 8.78.